The minimum atomic E-state index is -0.392. The Morgan fingerprint density at radius 3 is 2.27 bits per heavy atom. The number of nitrogens with one attached hydrogen (secondary N) is 2. The molecule has 0 saturated carbocycles. The summed E-state index contributed by atoms with van der Waals surface area (Å²) in [6.07, 6.45) is 0. The predicted molar refractivity (Wildman–Crippen MR) is 129 cm³/mol. The van der Waals surface area contributed by atoms with Crippen molar-refractivity contribution in [1.29, 1.82) is 0 Å². The first-order chi connectivity index (χ1) is 15.8. The molecular weight excluding hydrogens is 442 g/mol. The van der Waals surface area contributed by atoms with Crippen LogP contribution in [0.15, 0.2) is 53.5 Å². The van der Waals surface area contributed by atoms with Gasteiger partial charge >= 0.3 is 5.97 Å². The second-order valence-corrected chi connectivity index (χ2v) is 7.76. The third kappa shape index (κ3) is 6.20. The molecule has 0 aliphatic heterocycles. The number of rotatable bonds is 6. The number of ether oxygens (including phenoxy) is 1. The molecule has 2 aromatic carbocycles. The second-order valence-electron chi connectivity index (χ2n) is 7.32. The first-order valence-electron chi connectivity index (χ1n) is 10.4. The molecule has 1 amide bonds. The highest BCUT2D eigenvalue weighted by atomic mass is 35.5. The van der Waals surface area contributed by atoms with E-state index in [2.05, 4.69) is 20.7 Å². The molecule has 8 nitrogen and oxygen atoms in total. The quantitative estimate of drug-likeness (QED) is 0.320. The Balaban J connectivity index is 1.83. The summed E-state index contributed by atoms with van der Waals surface area (Å²) in [5, 5.41) is 10.9. The lowest BCUT2D eigenvalue weighted by molar-refractivity contribution is 0.0526. The Hall–Kier alpha value is -3.65. The number of guanidine groups is 1. The molecule has 0 radical (unpaired) electrons. The number of halogens is 1. The van der Waals surface area contributed by atoms with Gasteiger partial charge in [-0.1, -0.05) is 11.6 Å². The highest BCUT2D eigenvalue weighted by Gasteiger charge is 2.13. The van der Waals surface area contributed by atoms with Crippen molar-refractivity contribution < 1.29 is 14.3 Å². The fourth-order valence-corrected chi connectivity index (χ4v) is 3.26. The van der Waals surface area contributed by atoms with Crippen LogP contribution in [0.2, 0.25) is 5.02 Å². The van der Waals surface area contributed by atoms with Gasteiger partial charge in [0, 0.05) is 34.6 Å². The summed E-state index contributed by atoms with van der Waals surface area (Å²) in [4.78, 5) is 29.3. The van der Waals surface area contributed by atoms with Crippen molar-refractivity contribution >= 4 is 35.1 Å². The number of anilines is 1. The maximum Gasteiger partial charge on any atom is 0.338 e. The van der Waals surface area contributed by atoms with E-state index in [0.29, 0.717) is 35.0 Å². The zero-order valence-electron chi connectivity index (χ0n) is 19.0. The number of amides is 1. The Morgan fingerprint density at radius 2 is 1.70 bits per heavy atom. The zero-order valence-corrected chi connectivity index (χ0v) is 19.7. The molecule has 1 aromatic heterocycles. The van der Waals surface area contributed by atoms with E-state index < -0.39 is 5.97 Å². The normalized spacial score (nSPS) is 11.2. The summed E-state index contributed by atoms with van der Waals surface area (Å²) in [5.74, 6) is -0.460. The third-order valence-electron chi connectivity index (χ3n) is 5.05. The number of nitrogens with zero attached hydrogens (tertiary/aromatic N) is 3. The summed E-state index contributed by atoms with van der Waals surface area (Å²) in [6, 6.07) is 13.3. The number of carbonyl (C=O) groups excluding carboxylic acids is 2. The van der Waals surface area contributed by atoms with Gasteiger partial charge in [-0.3, -0.25) is 14.8 Å². The lowest BCUT2D eigenvalue weighted by atomic mass is 10.2. The molecule has 172 valence electrons. The van der Waals surface area contributed by atoms with Gasteiger partial charge in [0.2, 0.25) is 5.96 Å². The number of aryl methyl sites for hydroxylation is 2. The number of benzene rings is 2. The van der Waals surface area contributed by atoms with Crippen molar-refractivity contribution in [3.05, 3.63) is 81.6 Å². The van der Waals surface area contributed by atoms with Gasteiger partial charge in [0.1, 0.15) is 0 Å². The molecule has 0 spiro atoms. The largest absolute Gasteiger partial charge is 0.462 e. The molecule has 9 heteroatoms. The average Bonchev–Trinajstić information content (AvgIpc) is 3.04. The zero-order chi connectivity index (χ0) is 24.0. The standard InChI is InChI=1S/C24H26ClN5O3/c1-5-33-23(32)18-8-12-20(13-9-18)27-24(26-14-21-15(2)29-30(4)16(21)3)28-22(31)17-6-10-19(25)11-7-17/h6-13H,5,14H2,1-4H3,(H2,26,27,28,31). The molecule has 0 aliphatic rings. The molecule has 0 bridgehead atoms. The Morgan fingerprint density at radius 1 is 1.06 bits per heavy atom. The van der Waals surface area contributed by atoms with Crippen molar-refractivity contribution in [2.75, 3.05) is 11.9 Å². The van der Waals surface area contributed by atoms with E-state index in [4.69, 9.17) is 16.3 Å². The monoisotopic (exact) mass is 467 g/mol. The number of hydrogen-bond donors (Lipinski definition) is 2. The van der Waals surface area contributed by atoms with Crippen LogP contribution in [0, 0.1) is 13.8 Å². The minimum Gasteiger partial charge on any atom is -0.462 e. The van der Waals surface area contributed by atoms with Gasteiger partial charge in [-0.05, 0) is 69.3 Å². The molecule has 0 saturated heterocycles. The van der Waals surface area contributed by atoms with Gasteiger partial charge in [0.25, 0.3) is 5.91 Å². The molecule has 0 aliphatic carbocycles. The number of carbonyl (C=O) groups is 2. The summed E-state index contributed by atoms with van der Waals surface area (Å²) >= 11 is 5.92. The maximum absolute atomic E-state index is 12.8. The summed E-state index contributed by atoms with van der Waals surface area (Å²) in [5.41, 5.74) is 4.39. The maximum atomic E-state index is 12.8. The Kier molecular flexibility index (Phi) is 7.84. The van der Waals surface area contributed by atoms with Crippen molar-refractivity contribution in [1.82, 2.24) is 15.1 Å². The molecule has 33 heavy (non-hydrogen) atoms. The first kappa shape index (κ1) is 24.0. The van der Waals surface area contributed by atoms with Crippen LogP contribution in [0.5, 0.6) is 0 Å². The third-order valence-corrected chi connectivity index (χ3v) is 5.30. The van der Waals surface area contributed by atoms with Crippen LogP contribution < -0.4 is 10.6 Å². The lowest BCUT2D eigenvalue weighted by Crippen LogP contribution is -2.36. The molecular formula is C24H26ClN5O3. The van der Waals surface area contributed by atoms with Crippen molar-refractivity contribution in [3.8, 4) is 0 Å². The molecule has 0 atom stereocenters. The van der Waals surface area contributed by atoms with E-state index >= 15 is 0 Å². The van der Waals surface area contributed by atoms with Crippen LogP contribution in [0.1, 0.15) is 44.6 Å². The van der Waals surface area contributed by atoms with E-state index in [0.717, 1.165) is 17.0 Å². The van der Waals surface area contributed by atoms with Crippen LogP contribution in [0.4, 0.5) is 5.69 Å². The topological polar surface area (TPSA) is 97.6 Å². The number of aromatic nitrogens is 2. The van der Waals surface area contributed by atoms with Gasteiger partial charge in [-0.15, -0.1) is 0 Å². The predicted octanol–water partition coefficient (Wildman–Crippen LogP) is 4.27. The van der Waals surface area contributed by atoms with Crippen LogP contribution in [0.3, 0.4) is 0 Å². The molecule has 0 fully saturated rings. The second kappa shape index (κ2) is 10.8. The van der Waals surface area contributed by atoms with Crippen molar-refractivity contribution in [2.24, 2.45) is 12.0 Å². The lowest BCUT2D eigenvalue weighted by Gasteiger charge is -2.13. The molecule has 1 heterocycles. The van der Waals surface area contributed by atoms with Crippen LogP contribution >= 0.6 is 11.6 Å². The van der Waals surface area contributed by atoms with E-state index in [-0.39, 0.29) is 11.9 Å². The smallest absolute Gasteiger partial charge is 0.338 e. The van der Waals surface area contributed by atoms with E-state index in [1.807, 2.05) is 20.9 Å². The Bertz CT molecular complexity index is 1170. The van der Waals surface area contributed by atoms with Gasteiger partial charge < -0.3 is 10.1 Å². The molecule has 2 N–H and O–H groups in total. The van der Waals surface area contributed by atoms with E-state index in [1.54, 1.807) is 60.1 Å². The highest BCUT2D eigenvalue weighted by Crippen LogP contribution is 2.15. The highest BCUT2D eigenvalue weighted by molar-refractivity contribution is 6.30. The Labute approximate surface area is 197 Å². The number of hydrogen-bond acceptors (Lipinski definition) is 5. The van der Waals surface area contributed by atoms with Gasteiger partial charge in [0.15, 0.2) is 0 Å². The van der Waals surface area contributed by atoms with E-state index in [9.17, 15) is 9.59 Å². The average molecular weight is 468 g/mol. The van der Waals surface area contributed by atoms with Crippen molar-refractivity contribution in [2.45, 2.75) is 27.3 Å². The van der Waals surface area contributed by atoms with E-state index in [1.165, 1.54) is 0 Å². The molecule has 3 aromatic rings. The number of aliphatic imine (C=N–C) groups is 1. The number of esters is 1. The van der Waals surface area contributed by atoms with Gasteiger partial charge in [0.05, 0.1) is 24.4 Å². The van der Waals surface area contributed by atoms with Gasteiger partial charge in [-0.2, -0.15) is 5.10 Å². The first-order valence-corrected chi connectivity index (χ1v) is 10.8. The minimum absolute atomic E-state index is 0.265. The van der Waals surface area contributed by atoms with Crippen LogP contribution in [-0.4, -0.2) is 34.2 Å². The fourth-order valence-electron chi connectivity index (χ4n) is 3.14. The van der Waals surface area contributed by atoms with Gasteiger partial charge in [-0.25, -0.2) is 9.79 Å². The summed E-state index contributed by atoms with van der Waals surface area (Å²) in [6.45, 7) is 6.28. The molecule has 0 unspecified atom stereocenters. The SMILES string of the molecule is CCOC(=O)c1ccc(NC(=NCc2c(C)nn(C)c2C)NC(=O)c2ccc(Cl)cc2)cc1. The van der Waals surface area contributed by atoms with Crippen molar-refractivity contribution in [3.63, 3.8) is 0 Å². The van der Waals surface area contributed by atoms with Crippen LogP contribution in [-0.2, 0) is 18.3 Å². The summed E-state index contributed by atoms with van der Waals surface area (Å²) in [7, 11) is 1.88. The fraction of sp³-hybridized carbons (Fsp3) is 0.250. The molecule has 3 rings (SSSR count). The summed E-state index contributed by atoms with van der Waals surface area (Å²) < 4.78 is 6.81. The van der Waals surface area contributed by atoms with Crippen LogP contribution in [0.25, 0.3) is 0 Å².